The van der Waals surface area contributed by atoms with Crippen molar-refractivity contribution in [3.8, 4) is 0 Å². The lowest BCUT2D eigenvalue weighted by atomic mass is 10.1. The first-order valence-corrected chi connectivity index (χ1v) is 12.4. The van der Waals surface area contributed by atoms with Gasteiger partial charge in [0.2, 0.25) is 0 Å². The molecule has 0 saturated carbocycles. The Hall–Kier alpha value is -2.19. The molecule has 1 saturated heterocycles. The zero-order valence-corrected chi connectivity index (χ0v) is 17.8. The van der Waals surface area contributed by atoms with Crippen molar-refractivity contribution in [3.63, 3.8) is 0 Å². The van der Waals surface area contributed by atoms with Gasteiger partial charge in [0, 0.05) is 11.8 Å². The molecule has 1 atom stereocenters. The van der Waals surface area contributed by atoms with E-state index >= 15 is 0 Å². The Bertz CT molecular complexity index is 1030. The third kappa shape index (κ3) is 4.53. The van der Waals surface area contributed by atoms with Gasteiger partial charge < -0.3 is 14.1 Å². The molecule has 6 nitrogen and oxygen atoms in total. The quantitative estimate of drug-likeness (QED) is 0.721. The Balaban J connectivity index is 1.70. The Labute approximate surface area is 174 Å². The van der Waals surface area contributed by atoms with Gasteiger partial charge in [0.15, 0.2) is 15.6 Å². The van der Waals surface area contributed by atoms with Gasteiger partial charge in [0.25, 0.3) is 5.91 Å². The van der Waals surface area contributed by atoms with Crippen LogP contribution in [0.25, 0.3) is 4.91 Å². The molecule has 0 N–H and O–H groups in total. The smallest absolute Gasteiger partial charge is 0.290 e. The second kappa shape index (κ2) is 8.28. The topological polar surface area (TPSA) is 76.8 Å². The van der Waals surface area contributed by atoms with Gasteiger partial charge in [-0.1, -0.05) is 30.3 Å². The molecule has 8 heteroatoms. The number of hydrogen-bond donors (Lipinski definition) is 0. The van der Waals surface area contributed by atoms with Crippen LogP contribution in [-0.2, 0) is 25.9 Å². The van der Waals surface area contributed by atoms with Crippen LogP contribution >= 0.6 is 11.8 Å². The number of rotatable bonds is 5. The largest absolute Gasteiger partial charge is 0.486 e. The van der Waals surface area contributed by atoms with Crippen molar-refractivity contribution in [2.45, 2.75) is 25.9 Å². The summed E-state index contributed by atoms with van der Waals surface area (Å²) in [7, 11) is -3.14. The summed E-state index contributed by atoms with van der Waals surface area (Å²) in [6.07, 6.45) is 0.425. The highest BCUT2D eigenvalue weighted by molar-refractivity contribution is 8.08. The zero-order valence-electron chi connectivity index (χ0n) is 16.2. The van der Waals surface area contributed by atoms with E-state index in [4.69, 9.17) is 9.15 Å². The predicted molar refractivity (Wildman–Crippen MR) is 113 cm³/mol. The molecule has 2 aromatic rings. The Morgan fingerprint density at radius 3 is 2.66 bits per heavy atom. The number of benzene rings is 1. The van der Waals surface area contributed by atoms with E-state index in [9.17, 15) is 13.2 Å². The van der Waals surface area contributed by atoms with Crippen molar-refractivity contribution in [2.75, 3.05) is 23.9 Å². The molecule has 154 valence electrons. The van der Waals surface area contributed by atoms with Crippen LogP contribution in [0.2, 0.25) is 0 Å². The fourth-order valence-corrected chi connectivity index (χ4v) is 6.32. The summed E-state index contributed by atoms with van der Waals surface area (Å²) >= 11 is 1.59. The maximum atomic E-state index is 13.6. The first-order valence-electron chi connectivity index (χ1n) is 9.55. The summed E-state index contributed by atoms with van der Waals surface area (Å²) in [6.45, 7) is 2.50. The molecular formula is C21H23NO5S2. The molecule has 1 unspecified atom stereocenters. The maximum absolute atomic E-state index is 13.6. The highest BCUT2D eigenvalue weighted by Gasteiger charge is 2.38. The van der Waals surface area contributed by atoms with E-state index in [0.29, 0.717) is 24.5 Å². The fourth-order valence-electron chi connectivity index (χ4n) is 3.64. The third-order valence-electron chi connectivity index (χ3n) is 5.04. The Morgan fingerprint density at radius 2 is 2.00 bits per heavy atom. The molecule has 0 aliphatic carbocycles. The molecule has 1 aromatic heterocycles. The van der Waals surface area contributed by atoms with E-state index in [-0.39, 0.29) is 24.0 Å². The molecule has 29 heavy (non-hydrogen) atoms. The molecule has 1 fully saturated rings. The number of nitrogens with zero attached hydrogens (tertiary/aromatic N) is 1. The summed E-state index contributed by atoms with van der Waals surface area (Å²) < 4.78 is 35.7. The summed E-state index contributed by atoms with van der Waals surface area (Å²) in [4.78, 5) is 16.0. The van der Waals surface area contributed by atoms with Crippen LogP contribution in [0.15, 0.2) is 52.6 Å². The van der Waals surface area contributed by atoms with Crippen molar-refractivity contribution in [1.29, 1.82) is 0 Å². The van der Waals surface area contributed by atoms with E-state index in [2.05, 4.69) is 0 Å². The van der Waals surface area contributed by atoms with Crippen LogP contribution in [-0.4, -0.2) is 49.1 Å². The number of carbonyl (C=O) groups excluding carboxylic acids is 1. The van der Waals surface area contributed by atoms with Crippen LogP contribution in [0.4, 0.5) is 0 Å². The Kier molecular flexibility index (Phi) is 5.74. The molecule has 0 radical (unpaired) electrons. The van der Waals surface area contributed by atoms with Crippen molar-refractivity contribution >= 4 is 32.4 Å². The molecule has 2 aliphatic rings. The monoisotopic (exact) mass is 433 g/mol. The van der Waals surface area contributed by atoms with Crippen molar-refractivity contribution in [2.24, 2.45) is 0 Å². The van der Waals surface area contributed by atoms with Crippen molar-refractivity contribution < 1.29 is 22.4 Å². The molecule has 3 heterocycles. The predicted octanol–water partition coefficient (Wildman–Crippen LogP) is 3.24. The van der Waals surface area contributed by atoms with Gasteiger partial charge in [0.05, 0.1) is 29.6 Å². The van der Waals surface area contributed by atoms with Gasteiger partial charge in [0.1, 0.15) is 11.5 Å². The lowest BCUT2D eigenvalue weighted by Gasteiger charge is -2.30. The zero-order chi connectivity index (χ0) is 20.4. The number of ether oxygens (including phenoxy) is 1. The fraction of sp³-hybridized carbons (Fsp3) is 0.381. The van der Waals surface area contributed by atoms with E-state index in [1.807, 2.05) is 49.4 Å². The number of thioether (sulfide) groups is 1. The molecule has 1 amide bonds. The first kappa shape index (κ1) is 20.1. The lowest BCUT2D eigenvalue weighted by molar-refractivity contribution is -0.133. The van der Waals surface area contributed by atoms with Gasteiger partial charge in [-0.2, -0.15) is 0 Å². The summed E-state index contributed by atoms with van der Waals surface area (Å²) in [6, 6.07) is 12.9. The molecule has 4 rings (SSSR count). The molecule has 0 spiro atoms. The SMILES string of the molecule is Cc1ccc(CN(C(=O)C2=C(c3ccccc3)SCCO2)C2CCS(=O)(=O)C2)o1. The van der Waals surface area contributed by atoms with Crippen LogP contribution in [0.3, 0.4) is 0 Å². The minimum absolute atomic E-state index is 0.0283. The number of hydrogen-bond acceptors (Lipinski definition) is 6. The van der Waals surface area contributed by atoms with Crippen LogP contribution in [0, 0.1) is 6.92 Å². The lowest BCUT2D eigenvalue weighted by Crippen LogP contribution is -2.42. The number of aryl methyl sites for hydroxylation is 1. The number of sulfone groups is 1. The van der Waals surface area contributed by atoms with Gasteiger partial charge in [-0.25, -0.2) is 8.42 Å². The second-order valence-electron chi connectivity index (χ2n) is 7.22. The van der Waals surface area contributed by atoms with E-state index < -0.39 is 15.9 Å². The summed E-state index contributed by atoms with van der Waals surface area (Å²) in [5, 5.41) is 0. The standard InChI is InChI=1S/C21H23NO5S2/c1-15-7-8-18(27-15)13-22(17-9-12-29(24,25)14-17)21(23)19-20(28-11-10-26-19)16-5-3-2-4-6-16/h2-8,17H,9-14H2,1H3. The maximum Gasteiger partial charge on any atom is 0.290 e. The minimum Gasteiger partial charge on any atom is -0.486 e. The normalized spacial score (nSPS) is 21.1. The van der Waals surface area contributed by atoms with Crippen LogP contribution in [0.5, 0.6) is 0 Å². The summed E-state index contributed by atoms with van der Waals surface area (Å²) in [5.41, 5.74) is 0.924. The third-order valence-corrected chi connectivity index (χ3v) is 7.88. The first-order chi connectivity index (χ1) is 13.9. The number of furan rings is 1. The number of amides is 1. The van der Waals surface area contributed by atoms with Gasteiger partial charge in [-0.15, -0.1) is 11.8 Å². The minimum atomic E-state index is -3.14. The van der Waals surface area contributed by atoms with Crippen LogP contribution < -0.4 is 0 Å². The molecular weight excluding hydrogens is 410 g/mol. The molecule has 1 aromatic carbocycles. The average molecular weight is 434 g/mol. The molecule has 2 aliphatic heterocycles. The van der Waals surface area contributed by atoms with Crippen molar-refractivity contribution in [1.82, 2.24) is 4.90 Å². The van der Waals surface area contributed by atoms with Gasteiger partial charge in [-0.3, -0.25) is 4.79 Å². The van der Waals surface area contributed by atoms with E-state index in [0.717, 1.165) is 22.0 Å². The van der Waals surface area contributed by atoms with E-state index in [1.54, 1.807) is 16.7 Å². The number of carbonyl (C=O) groups is 1. The average Bonchev–Trinajstić information content (AvgIpc) is 3.30. The van der Waals surface area contributed by atoms with Crippen molar-refractivity contribution in [3.05, 3.63) is 65.3 Å². The Morgan fingerprint density at radius 1 is 1.21 bits per heavy atom. The van der Waals surface area contributed by atoms with Crippen LogP contribution in [0.1, 0.15) is 23.5 Å². The highest BCUT2D eigenvalue weighted by Crippen LogP contribution is 2.36. The van der Waals surface area contributed by atoms with Gasteiger partial charge in [-0.05, 0) is 31.0 Å². The van der Waals surface area contributed by atoms with E-state index in [1.165, 1.54) is 0 Å². The summed E-state index contributed by atoms with van der Waals surface area (Å²) in [5.74, 6) is 2.21. The second-order valence-corrected chi connectivity index (χ2v) is 10.6. The van der Waals surface area contributed by atoms with Gasteiger partial charge >= 0.3 is 0 Å². The highest BCUT2D eigenvalue weighted by atomic mass is 32.2. The molecule has 0 bridgehead atoms.